The van der Waals surface area contributed by atoms with E-state index in [1.165, 1.54) is 0 Å². The first kappa shape index (κ1) is 13.6. The fourth-order valence-electron chi connectivity index (χ4n) is 2.54. The van der Waals surface area contributed by atoms with Crippen molar-refractivity contribution in [3.63, 3.8) is 0 Å². The highest BCUT2D eigenvalue weighted by Crippen LogP contribution is 2.19. The molecule has 0 saturated heterocycles. The number of hydrogen-bond acceptors (Lipinski definition) is 3. The summed E-state index contributed by atoms with van der Waals surface area (Å²) >= 11 is 0. The van der Waals surface area contributed by atoms with Gasteiger partial charge in [0.15, 0.2) is 0 Å². The highest BCUT2D eigenvalue weighted by molar-refractivity contribution is 5.42. The normalized spacial score (nSPS) is 12.7. The van der Waals surface area contributed by atoms with Gasteiger partial charge in [0.2, 0.25) is 0 Å². The predicted octanol–water partition coefficient (Wildman–Crippen LogP) is 3.20. The topological polar surface area (TPSA) is 49.6 Å². The quantitative estimate of drug-likeness (QED) is 0.772. The van der Waals surface area contributed by atoms with E-state index in [-0.39, 0.29) is 6.04 Å². The molecule has 0 spiro atoms. The summed E-state index contributed by atoms with van der Waals surface area (Å²) in [6.07, 6.45) is 2.03. The molecule has 0 saturated carbocycles. The summed E-state index contributed by atoms with van der Waals surface area (Å²) in [5.74, 6) is 0.298. The molecule has 108 valence electrons. The summed E-state index contributed by atoms with van der Waals surface area (Å²) < 4.78 is 2.11. The Hall–Kier alpha value is -2.33. The van der Waals surface area contributed by atoms with Gasteiger partial charge in [0.1, 0.15) is 11.4 Å². The van der Waals surface area contributed by atoms with Crippen molar-refractivity contribution in [2.75, 3.05) is 0 Å². The third-order valence-electron chi connectivity index (χ3n) is 3.77. The number of nitrogens with one attached hydrogen (secondary N) is 1. The molecule has 2 N–H and O–H groups in total. The van der Waals surface area contributed by atoms with Crippen LogP contribution in [0.4, 0.5) is 0 Å². The molecular weight excluding hydrogens is 262 g/mol. The predicted molar refractivity (Wildman–Crippen MR) is 83.3 cm³/mol. The maximum Gasteiger partial charge on any atom is 0.137 e. The second-order valence-electron chi connectivity index (χ2n) is 5.27. The van der Waals surface area contributed by atoms with Crippen molar-refractivity contribution in [1.29, 1.82) is 0 Å². The lowest BCUT2D eigenvalue weighted by atomic mass is 10.1. The Morgan fingerprint density at radius 3 is 2.90 bits per heavy atom. The van der Waals surface area contributed by atoms with E-state index in [1.54, 1.807) is 12.1 Å². The Balaban J connectivity index is 1.79. The average molecular weight is 281 g/mol. The first-order valence-electron chi connectivity index (χ1n) is 7.10. The van der Waals surface area contributed by atoms with Crippen LogP contribution in [-0.2, 0) is 6.54 Å². The molecule has 0 radical (unpaired) electrons. The number of nitrogens with zero attached hydrogens (tertiary/aromatic N) is 2. The molecule has 2 aromatic heterocycles. The van der Waals surface area contributed by atoms with Gasteiger partial charge in [-0.1, -0.05) is 18.2 Å². The Bertz CT molecular complexity index is 764. The molecule has 4 nitrogen and oxygen atoms in total. The number of benzene rings is 1. The average Bonchev–Trinajstić information content (AvgIpc) is 2.80. The molecule has 3 rings (SSSR count). The third-order valence-corrected chi connectivity index (χ3v) is 3.77. The van der Waals surface area contributed by atoms with Gasteiger partial charge in [0.25, 0.3) is 0 Å². The number of pyridine rings is 1. The minimum atomic E-state index is 0.158. The van der Waals surface area contributed by atoms with Crippen LogP contribution in [0.2, 0.25) is 0 Å². The van der Waals surface area contributed by atoms with E-state index >= 15 is 0 Å². The van der Waals surface area contributed by atoms with Crippen molar-refractivity contribution < 1.29 is 5.11 Å². The van der Waals surface area contributed by atoms with Gasteiger partial charge in [-0.05, 0) is 43.7 Å². The SMILES string of the molecule is Cc1nc2ccccn2c1CNC(C)c1cccc(O)c1. The minimum Gasteiger partial charge on any atom is -0.508 e. The fourth-order valence-corrected chi connectivity index (χ4v) is 2.54. The fraction of sp³-hybridized carbons (Fsp3) is 0.235. The Labute approximate surface area is 124 Å². The summed E-state index contributed by atoms with van der Waals surface area (Å²) in [4.78, 5) is 4.56. The highest BCUT2D eigenvalue weighted by atomic mass is 16.3. The van der Waals surface area contributed by atoms with E-state index in [4.69, 9.17) is 0 Å². The number of aromatic hydroxyl groups is 1. The lowest BCUT2D eigenvalue weighted by Gasteiger charge is -2.14. The van der Waals surface area contributed by atoms with Crippen molar-refractivity contribution in [2.45, 2.75) is 26.4 Å². The standard InChI is InChI=1S/C17H19N3O/c1-12(14-6-5-7-15(21)10-14)18-11-16-13(2)19-17-8-3-4-9-20(16)17/h3-10,12,18,21H,11H2,1-2H3. The molecule has 0 aliphatic carbocycles. The number of rotatable bonds is 4. The second-order valence-corrected chi connectivity index (χ2v) is 5.27. The van der Waals surface area contributed by atoms with Crippen LogP contribution in [0.5, 0.6) is 5.75 Å². The number of aromatic nitrogens is 2. The molecule has 3 aromatic rings. The van der Waals surface area contributed by atoms with Gasteiger partial charge in [0, 0.05) is 18.8 Å². The molecule has 1 aromatic carbocycles. The summed E-state index contributed by atoms with van der Waals surface area (Å²) in [6.45, 7) is 4.85. The van der Waals surface area contributed by atoms with Crippen LogP contribution in [0.25, 0.3) is 5.65 Å². The molecule has 0 bridgehead atoms. The minimum absolute atomic E-state index is 0.158. The maximum absolute atomic E-state index is 9.56. The van der Waals surface area contributed by atoms with Gasteiger partial charge >= 0.3 is 0 Å². The molecular formula is C17H19N3O. The van der Waals surface area contributed by atoms with Crippen LogP contribution in [0, 0.1) is 6.92 Å². The summed E-state index contributed by atoms with van der Waals surface area (Å²) in [5.41, 5.74) is 4.24. The number of phenols is 1. The number of fused-ring (bicyclic) bond motifs is 1. The van der Waals surface area contributed by atoms with E-state index in [9.17, 15) is 5.11 Å². The number of imidazole rings is 1. The summed E-state index contributed by atoms with van der Waals surface area (Å²) in [6, 6.07) is 13.5. The van der Waals surface area contributed by atoms with Gasteiger partial charge in [-0.3, -0.25) is 0 Å². The lowest BCUT2D eigenvalue weighted by molar-refractivity contribution is 0.472. The van der Waals surface area contributed by atoms with Gasteiger partial charge < -0.3 is 14.8 Å². The number of phenolic OH excluding ortho intramolecular Hbond substituents is 1. The third kappa shape index (κ3) is 2.76. The molecule has 1 unspecified atom stereocenters. The zero-order valence-corrected chi connectivity index (χ0v) is 12.2. The summed E-state index contributed by atoms with van der Waals surface area (Å²) in [5, 5.41) is 13.0. The zero-order valence-electron chi connectivity index (χ0n) is 12.2. The van der Waals surface area contributed by atoms with Crippen LogP contribution in [0.15, 0.2) is 48.7 Å². The number of aryl methyl sites for hydroxylation is 1. The van der Waals surface area contributed by atoms with Gasteiger partial charge in [0.05, 0.1) is 11.4 Å². The van der Waals surface area contributed by atoms with E-state index in [0.29, 0.717) is 5.75 Å². The van der Waals surface area contributed by atoms with Gasteiger partial charge in [-0.2, -0.15) is 0 Å². The van der Waals surface area contributed by atoms with Crippen LogP contribution < -0.4 is 5.32 Å². The second kappa shape index (κ2) is 5.58. The molecule has 21 heavy (non-hydrogen) atoms. The monoisotopic (exact) mass is 281 g/mol. The first-order chi connectivity index (χ1) is 10.1. The van der Waals surface area contributed by atoms with Crippen molar-refractivity contribution in [3.05, 3.63) is 65.6 Å². The van der Waals surface area contributed by atoms with Crippen LogP contribution in [-0.4, -0.2) is 14.5 Å². The first-order valence-corrected chi connectivity index (χ1v) is 7.10. The summed E-state index contributed by atoms with van der Waals surface area (Å²) in [7, 11) is 0. The lowest BCUT2D eigenvalue weighted by Crippen LogP contribution is -2.19. The van der Waals surface area contributed by atoms with E-state index in [0.717, 1.165) is 29.1 Å². The zero-order chi connectivity index (χ0) is 14.8. The largest absolute Gasteiger partial charge is 0.508 e. The van der Waals surface area contributed by atoms with Gasteiger partial charge in [-0.15, -0.1) is 0 Å². The Kier molecular flexibility index (Phi) is 3.62. The number of hydrogen-bond donors (Lipinski definition) is 2. The maximum atomic E-state index is 9.56. The molecule has 0 fully saturated rings. The molecule has 0 aliphatic heterocycles. The molecule has 4 heteroatoms. The van der Waals surface area contributed by atoms with Crippen molar-refractivity contribution in [1.82, 2.24) is 14.7 Å². The van der Waals surface area contributed by atoms with E-state index in [2.05, 4.69) is 21.6 Å². The molecule has 2 heterocycles. The molecule has 0 aliphatic rings. The van der Waals surface area contributed by atoms with Crippen LogP contribution >= 0.6 is 0 Å². The van der Waals surface area contributed by atoms with Crippen LogP contribution in [0.3, 0.4) is 0 Å². The highest BCUT2D eigenvalue weighted by Gasteiger charge is 2.10. The van der Waals surface area contributed by atoms with Crippen LogP contribution in [0.1, 0.15) is 29.9 Å². The Morgan fingerprint density at radius 2 is 2.10 bits per heavy atom. The smallest absolute Gasteiger partial charge is 0.137 e. The molecule has 0 amide bonds. The van der Waals surface area contributed by atoms with Crippen molar-refractivity contribution >= 4 is 5.65 Å². The van der Waals surface area contributed by atoms with Crippen molar-refractivity contribution in [3.8, 4) is 5.75 Å². The van der Waals surface area contributed by atoms with Crippen molar-refractivity contribution in [2.24, 2.45) is 0 Å². The molecule has 1 atom stereocenters. The van der Waals surface area contributed by atoms with E-state index in [1.807, 2.05) is 43.5 Å². The van der Waals surface area contributed by atoms with Gasteiger partial charge in [-0.25, -0.2) is 4.98 Å². The Morgan fingerprint density at radius 1 is 1.24 bits per heavy atom. The van der Waals surface area contributed by atoms with E-state index < -0.39 is 0 Å².